The first kappa shape index (κ1) is 12.9. The van der Waals surface area contributed by atoms with Crippen LogP contribution in [0, 0.1) is 16.7 Å². The number of hydrogen-bond acceptors (Lipinski definition) is 3. The van der Waals surface area contributed by atoms with Crippen LogP contribution in [0.1, 0.15) is 38.2 Å². The van der Waals surface area contributed by atoms with Gasteiger partial charge in [0.15, 0.2) is 5.69 Å². The van der Waals surface area contributed by atoms with E-state index in [2.05, 4.69) is 38.0 Å². The fourth-order valence-electron chi connectivity index (χ4n) is 2.69. The maximum Gasteiger partial charge on any atom is 0.273 e. The summed E-state index contributed by atoms with van der Waals surface area (Å²) in [7, 11) is 0. The second kappa shape index (κ2) is 3.97. The molecule has 98 valence electrons. The van der Waals surface area contributed by atoms with Gasteiger partial charge in [0.25, 0.3) is 5.91 Å². The highest BCUT2D eigenvalue weighted by atomic mass is 16.3. The summed E-state index contributed by atoms with van der Waals surface area (Å²) in [6.07, 6.45) is 1.50. The number of aromatic nitrogens is 1. The Kier molecular flexibility index (Phi) is 2.84. The topological polar surface area (TPSA) is 62.2 Å². The van der Waals surface area contributed by atoms with Crippen LogP contribution >= 0.6 is 0 Å². The smallest absolute Gasteiger partial charge is 0.273 e. The maximum atomic E-state index is 11.9. The Morgan fingerprint density at radius 2 is 2.00 bits per heavy atom. The zero-order valence-electron chi connectivity index (χ0n) is 11.3. The third kappa shape index (κ3) is 1.85. The Balaban J connectivity index is 1.97. The van der Waals surface area contributed by atoms with E-state index in [0.717, 1.165) is 0 Å². The number of amides is 1. The molecular formula is C14H20N2O2. The van der Waals surface area contributed by atoms with Crippen LogP contribution in [0.3, 0.4) is 0 Å². The van der Waals surface area contributed by atoms with Gasteiger partial charge in [0.05, 0.1) is 0 Å². The van der Waals surface area contributed by atoms with Crippen LogP contribution in [0.15, 0.2) is 18.3 Å². The standard InChI is InChI=1S/C14H20N2O2/c1-13(2)10(14(13,3)4)8-16-12(18)11-9(17)6-5-7-15-11/h5-7,10,17H,8H2,1-4H3,(H,16,18). The molecular weight excluding hydrogens is 228 g/mol. The van der Waals surface area contributed by atoms with E-state index in [0.29, 0.717) is 12.5 Å². The summed E-state index contributed by atoms with van der Waals surface area (Å²) in [5.41, 5.74) is 0.576. The van der Waals surface area contributed by atoms with Gasteiger partial charge in [0.1, 0.15) is 5.75 Å². The van der Waals surface area contributed by atoms with Crippen molar-refractivity contribution in [2.45, 2.75) is 27.7 Å². The van der Waals surface area contributed by atoms with Crippen molar-refractivity contribution in [2.75, 3.05) is 6.54 Å². The summed E-state index contributed by atoms with van der Waals surface area (Å²) in [6.45, 7) is 9.46. The third-order valence-electron chi connectivity index (χ3n) is 4.79. The Morgan fingerprint density at radius 3 is 2.50 bits per heavy atom. The SMILES string of the molecule is CC1(C)C(CNC(=O)c2ncccc2O)C1(C)C. The van der Waals surface area contributed by atoms with Crippen molar-refractivity contribution in [2.24, 2.45) is 16.7 Å². The summed E-state index contributed by atoms with van der Waals surface area (Å²) >= 11 is 0. The summed E-state index contributed by atoms with van der Waals surface area (Å²) < 4.78 is 0. The molecule has 0 saturated heterocycles. The van der Waals surface area contributed by atoms with E-state index in [4.69, 9.17) is 0 Å². The summed E-state index contributed by atoms with van der Waals surface area (Å²) in [6, 6.07) is 3.06. The maximum absolute atomic E-state index is 11.9. The largest absolute Gasteiger partial charge is 0.505 e. The van der Waals surface area contributed by atoms with Crippen LogP contribution in [0.2, 0.25) is 0 Å². The average molecular weight is 248 g/mol. The van der Waals surface area contributed by atoms with Gasteiger partial charge >= 0.3 is 0 Å². The molecule has 0 radical (unpaired) electrons. The van der Waals surface area contributed by atoms with Crippen molar-refractivity contribution in [3.05, 3.63) is 24.0 Å². The van der Waals surface area contributed by atoms with Crippen LogP contribution in [-0.2, 0) is 0 Å². The van der Waals surface area contributed by atoms with Gasteiger partial charge in [-0.15, -0.1) is 0 Å². The van der Waals surface area contributed by atoms with Crippen LogP contribution in [0.5, 0.6) is 5.75 Å². The van der Waals surface area contributed by atoms with Gasteiger partial charge in [-0.3, -0.25) is 4.79 Å². The number of hydrogen-bond donors (Lipinski definition) is 2. The summed E-state index contributed by atoms with van der Waals surface area (Å²) in [5, 5.41) is 12.4. The number of carbonyl (C=O) groups is 1. The fraction of sp³-hybridized carbons (Fsp3) is 0.571. The minimum Gasteiger partial charge on any atom is -0.505 e. The molecule has 18 heavy (non-hydrogen) atoms. The lowest BCUT2D eigenvalue weighted by Gasteiger charge is -2.06. The third-order valence-corrected chi connectivity index (χ3v) is 4.79. The molecule has 1 amide bonds. The molecule has 0 spiro atoms. The van der Waals surface area contributed by atoms with E-state index in [-0.39, 0.29) is 28.2 Å². The van der Waals surface area contributed by atoms with Gasteiger partial charge in [-0.25, -0.2) is 4.98 Å². The zero-order chi connectivity index (χ0) is 13.6. The van der Waals surface area contributed by atoms with E-state index < -0.39 is 0 Å². The molecule has 1 aliphatic rings. The van der Waals surface area contributed by atoms with Gasteiger partial charge in [-0.1, -0.05) is 27.7 Å². The van der Waals surface area contributed by atoms with Crippen molar-refractivity contribution in [1.29, 1.82) is 0 Å². The van der Waals surface area contributed by atoms with E-state index >= 15 is 0 Å². The zero-order valence-corrected chi connectivity index (χ0v) is 11.3. The molecule has 4 heteroatoms. The molecule has 2 rings (SSSR count). The number of nitrogens with one attached hydrogen (secondary N) is 1. The summed E-state index contributed by atoms with van der Waals surface area (Å²) in [5.74, 6) is 0.0655. The highest BCUT2D eigenvalue weighted by Crippen LogP contribution is 2.67. The van der Waals surface area contributed by atoms with Gasteiger partial charge in [-0.05, 0) is 28.9 Å². The number of aromatic hydroxyl groups is 1. The lowest BCUT2D eigenvalue weighted by Crippen LogP contribution is -2.27. The van der Waals surface area contributed by atoms with Gasteiger partial charge in [-0.2, -0.15) is 0 Å². The molecule has 0 bridgehead atoms. The Labute approximate surface area is 107 Å². The average Bonchev–Trinajstić information content (AvgIpc) is 2.67. The first-order chi connectivity index (χ1) is 8.28. The highest BCUT2D eigenvalue weighted by Gasteiger charge is 2.64. The number of carbonyl (C=O) groups excluding carboxylic acids is 1. The van der Waals surface area contributed by atoms with Crippen molar-refractivity contribution in [3.63, 3.8) is 0 Å². The lowest BCUT2D eigenvalue weighted by atomic mass is 10.0. The first-order valence-electron chi connectivity index (χ1n) is 6.20. The minimum atomic E-state index is -0.313. The van der Waals surface area contributed by atoms with Crippen molar-refractivity contribution >= 4 is 5.91 Å². The van der Waals surface area contributed by atoms with E-state index in [1.807, 2.05) is 0 Å². The van der Waals surface area contributed by atoms with E-state index in [9.17, 15) is 9.90 Å². The number of rotatable bonds is 3. The molecule has 0 aromatic carbocycles. The normalized spacial score (nSPS) is 20.4. The Hall–Kier alpha value is -1.58. The first-order valence-corrected chi connectivity index (χ1v) is 6.20. The van der Waals surface area contributed by atoms with Crippen LogP contribution in [0.25, 0.3) is 0 Å². The molecule has 1 aromatic rings. The molecule has 0 unspecified atom stereocenters. The molecule has 0 aliphatic heterocycles. The Morgan fingerprint density at radius 1 is 1.39 bits per heavy atom. The molecule has 1 fully saturated rings. The molecule has 0 atom stereocenters. The predicted octanol–water partition coefficient (Wildman–Crippen LogP) is 2.20. The lowest BCUT2D eigenvalue weighted by molar-refractivity contribution is 0.0942. The quantitative estimate of drug-likeness (QED) is 0.862. The molecule has 1 saturated carbocycles. The van der Waals surface area contributed by atoms with Gasteiger partial charge in [0.2, 0.25) is 0 Å². The number of nitrogens with zero attached hydrogens (tertiary/aromatic N) is 1. The summed E-state index contributed by atoms with van der Waals surface area (Å²) in [4.78, 5) is 15.8. The monoisotopic (exact) mass is 248 g/mol. The highest BCUT2D eigenvalue weighted by molar-refractivity contribution is 5.94. The predicted molar refractivity (Wildman–Crippen MR) is 69.3 cm³/mol. The van der Waals surface area contributed by atoms with Crippen LogP contribution in [0.4, 0.5) is 0 Å². The molecule has 1 aromatic heterocycles. The minimum absolute atomic E-state index is 0.0793. The molecule has 2 N–H and O–H groups in total. The van der Waals surface area contributed by atoms with E-state index in [1.54, 1.807) is 6.07 Å². The molecule has 1 heterocycles. The fourth-order valence-corrected chi connectivity index (χ4v) is 2.69. The van der Waals surface area contributed by atoms with E-state index in [1.165, 1.54) is 12.3 Å². The number of pyridine rings is 1. The van der Waals surface area contributed by atoms with Crippen molar-refractivity contribution in [3.8, 4) is 5.75 Å². The molecule has 4 nitrogen and oxygen atoms in total. The van der Waals surface area contributed by atoms with Crippen LogP contribution < -0.4 is 5.32 Å². The van der Waals surface area contributed by atoms with Crippen molar-refractivity contribution < 1.29 is 9.90 Å². The van der Waals surface area contributed by atoms with Gasteiger partial charge in [0, 0.05) is 12.7 Å². The second-order valence-corrected chi connectivity index (χ2v) is 6.08. The molecule has 1 aliphatic carbocycles. The second-order valence-electron chi connectivity index (χ2n) is 6.08. The van der Waals surface area contributed by atoms with Gasteiger partial charge < -0.3 is 10.4 Å². The Bertz CT molecular complexity index is 466. The van der Waals surface area contributed by atoms with Crippen molar-refractivity contribution in [1.82, 2.24) is 10.3 Å². The van der Waals surface area contributed by atoms with Crippen LogP contribution in [-0.4, -0.2) is 22.5 Å².